The Kier molecular flexibility index (Phi) is 3.35. The number of nitrogens with zero attached hydrogens (tertiary/aromatic N) is 1. The minimum atomic E-state index is -0.285. The molecule has 17 heavy (non-hydrogen) atoms. The summed E-state index contributed by atoms with van der Waals surface area (Å²) in [4.78, 5) is 4.06. The molecule has 0 atom stereocenters. The Balaban J connectivity index is 2.45. The molecule has 1 aromatic carbocycles. The number of nitrogens with two attached hydrogens (primary N) is 1. The van der Waals surface area contributed by atoms with Crippen molar-refractivity contribution in [2.75, 3.05) is 7.11 Å². The lowest BCUT2D eigenvalue weighted by molar-refractivity contribution is 0.413. The summed E-state index contributed by atoms with van der Waals surface area (Å²) >= 11 is 0. The lowest BCUT2D eigenvalue weighted by Crippen LogP contribution is -1.99. The van der Waals surface area contributed by atoms with E-state index in [1.165, 1.54) is 6.07 Å². The highest BCUT2D eigenvalue weighted by atomic mass is 19.1. The van der Waals surface area contributed by atoms with E-state index in [1.54, 1.807) is 31.6 Å². The maximum absolute atomic E-state index is 13.3. The molecule has 1 aromatic heterocycles. The average molecular weight is 232 g/mol. The van der Waals surface area contributed by atoms with E-state index in [-0.39, 0.29) is 12.4 Å². The fraction of sp³-hybridized carbons (Fsp3) is 0.154. The molecular formula is C13H13FN2O. The van der Waals surface area contributed by atoms with Gasteiger partial charge >= 0.3 is 0 Å². The highest BCUT2D eigenvalue weighted by Gasteiger charge is 2.05. The number of hydrogen-bond donors (Lipinski definition) is 1. The van der Waals surface area contributed by atoms with Gasteiger partial charge in [-0.1, -0.05) is 6.07 Å². The van der Waals surface area contributed by atoms with Crippen molar-refractivity contribution < 1.29 is 9.13 Å². The molecule has 2 N–H and O–H groups in total. The molecule has 3 nitrogen and oxygen atoms in total. The number of aromatic nitrogens is 1. The molecule has 4 heteroatoms. The van der Waals surface area contributed by atoms with Gasteiger partial charge in [-0.3, -0.25) is 4.98 Å². The van der Waals surface area contributed by atoms with Crippen LogP contribution in [0.25, 0.3) is 11.1 Å². The number of hydrogen-bond acceptors (Lipinski definition) is 3. The summed E-state index contributed by atoms with van der Waals surface area (Å²) in [6, 6.07) is 6.69. The van der Waals surface area contributed by atoms with E-state index >= 15 is 0 Å². The first-order valence-corrected chi connectivity index (χ1v) is 5.22. The zero-order valence-electron chi connectivity index (χ0n) is 9.48. The minimum Gasteiger partial charge on any atom is -0.495 e. The molecule has 0 saturated heterocycles. The smallest absolute Gasteiger partial charge is 0.137 e. The third-order valence-electron chi connectivity index (χ3n) is 2.55. The molecule has 2 rings (SSSR count). The Labute approximate surface area is 99.1 Å². The fourth-order valence-electron chi connectivity index (χ4n) is 1.60. The van der Waals surface area contributed by atoms with E-state index in [0.29, 0.717) is 11.3 Å². The van der Waals surface area contributed by atoms with Crippen LogP contribution in [0.2, 0.25) is 0 Å². The van der Waals surface area contributed by atoms with Crippen molar-refractivity contribution in [3.8, 4) is 16.9 Å². The first-order valence-electron chi connectivity index (χ1n) is 5.22. The van der Waals surface area contributed by atoms with Gasteiger partial charge in [0.1, 0.15) is 11.6 Å². The number of benzene rings is 1. The number of pyridine rings is 1. The zero-order valence-corrected chi connectivity index (χ0v) is 9.48. The summed E-state index contributed by atoms with van der Waals surface area (Å²) in [5.74, 6) is 0.383. The molecule has 0 unspecified atom stereocenters. The van der Waals surface area contributed by atoms with Crippen LogP contribution in [0.1, 0.15) is 5.56 Å². The second kappa shape index (κ2) is 4.93. The van der Waals surface area contributed by atoms with Crippen LogP contribution in [0.3, 0.4) is 0 Å². The predicted octanol–water partition coefficient (Wildman–Crippen LogP) is 2.36. The van der Waals surface area contributed by atoms with Crippen LogP contribution in [-0.2, 0) is 6.54 Å². The summed E-state index contributed by atoms with van der Waals surface area (Å²) in [5.41, 5.74) is 7.71. The number of ether oxygens (including phenoxy) is 1. The largest absolute Gasteiger partial charge is 0.495 e. The Morgan fingerprint density at radius 1 is 1.24 bits per heavy atom. The van der Waals surface area contributed by atoms with Crippen LogP contribution in [0.4, 0.5) is 4.39 Å². The van der Waals surface area contributed by atoms with E-state index in [0.717, 1.165) is 11.1 Å². The van der Waals surface area contributed by atoms with Crippen LogP contribution < -0.4 is 10.5 Å². The van der Waals surface area contributed by atoms with Crippen molar-refractivity contribution in [1.29, 1.82) is 0 Å². The van der Waals surface area contributed by atoms with Gasteiger partial charge in [-0.25, -0.2) is 4.39 Å². The first-order chi connectivity index (χ1) is 8.24. The Morgan fingerprint density at radius 3 is 2.76 bits per heavy atom. The standard InChI is InChI=1S/C13H13FN2O/c1-17-12-5-11(7-16-8-12)9-2-3-13(14)10(4-9)6-15/h2-5,7-8H,6,15H2,1H3. The van der Waals surface area contributed by atoms with E-state index < -0.39 is 0 Å². The highest BCUT2D eigenvalue weighted by molar-refractivity contribution is 5.64. The molecule has 0 fully saturated rings. The summed E-state index contributed by atoms with van der Waals surface area (Å²) in [5, 5.41) is 0. The summed E-state index contributed by atoms with van der Waals surface area (Å²) in [6.07, 6.45) is 3.33. The molecular weight excluding hydrogens is 219 g/mol. The molecule has 0 saturated carbocycles. The van der Waals surface area contributed by atoms with Crippen LogP contribution in [0.5, 0.6) is 5.75 Å². The van der Waals surface area contributed by atoms with Crippen molar-refractivity contribution in [3.63, 3.8) is 0 Å². The second-order valence-corrected chi connectivity index (χ2v) is 3.62. The Morgan fingerprint density at radius 2 is 2.06 bits per heavy atom. The van der Waals surface area contributed by atoms with Gasteiger partial charge in [-0.2, -0.15) is 0 Å². The van der Waals surface area contributed by atoms with Gasteiger partial charge in [-0.05, 0) is 23.8 Å². The maximum Gasteiger partial charge on any atom is 0.137 e. The van der Waals surface area contributed by atoms with Crippen LogP contribution in [0, 0.1) is 5.82 Å². The quantitative estimate of drug-likeness (QED) is 0.883. The summed E-state index contributed by atoms with van der Waals surface area (Å²) in [6.45, 7) is 0.178. The van der Waals surface area contributed by atoms with E-state index in [9.17, 15) is 4.39 Å². The topological polar surface area (TPSA) is 48.1 Å². The number of halogens is 1. The molecule has 0 bridgehead atoms. The Hall–Kier alpha value is -1.94. The average Bonchev–Trinajstić information content (AvgIpc) is 2.39. The van der Waals surface area contributed by atoms with Crippen molar-refractivity contribution in [2.24, 2.45) is 5.73 Å². The number of methoxy groups -OCH3 is 1. The SMILES string of the molecule is COc1cncc(-c2ccc(F)c(CN)c2)c1. The van der Waals surface area contributed by atoms with Crippen LogP contribution in [-0.4, -0.2) is 12.1 Å². The minimum absolute atomic E-state index is 0.178. The van der Waals surface area contributed by atoms with Crippen LogP contribution in [0.15, 0.2) is 36.7 Å². The third-order valence-corrected chi connectivity index (χ3v) is 2.55. The third kappa shape index (κ3) is 2.42. The van der Waals surface area contributed by atoms with Gasteiger partial charge in [0.05, 0.1) is 13.3 Å². The monoisotopic (exact) mass is 232 g/mol. The lowest BCUT2D eigenvalue weighted by Gasteiger charge is -2.06. The van der Waals surface area contributed by atoms with Gasteiger partial charge in [0.25, 0.3) is 0 Å². The van der Waals surface area contributed by atoms with E-state index in [1.807, 2.05) is 6.07 Å². The molecule has 0 radical (unpaired) electrons. The highest BCUT2D eigenvalue weighted by Crippen LogP contribution is 2.24. The molecule has 0 aliphatic heterocycles. The van der Waals surface area contributed by atoms with Crippen LogP contribution >= 0.6 is 0 Å². The molecule has 0 aliphatic carbocycles. The summed E-state index contributed by atoms with van der Waals surface area (Å²) in [7, 11) is 1.58. The van der Waals surface area contributed by atoms with Gasteiger partial charge in [-0.15, -0.1) is 0 Å². The van der Waals surface area contributed by atoms with Gasteiger partial charge in [0.2, 0.25) is 0 Å². The summed E-state index contributed by atoms with van der Waals surface area (Å²) < 4.78 is 18.4. The van der Waals surface area contributed by atoms with E-state index in [4.69, 9.17) is 10.5 Å². The Bertz CT molecular complexity index is 529. The van der Waals surface area contributed by atoms with E-state index in [2.05, 4.69) is 4.98 Å². The van der Waals surface area contributed by atoms with Gasteiger partial charge in [0, 0.05) is 23.9 Å². The predicted molar refractivity (Wildman–Crippen MR) is 64.1 cm³/mol. The molecule has 0 spiro atoms. The maximum atomic E-state index is 13.3. The number of rotatable bonds is 3. The first kappa shape index (κ1) is 11.5. The normalized spacial score (nSPS) is 10.3. The second-order valence-electron chi connectivity index (χ2n) is 3.62. The molecule has 0 aliphatic rings. The molecule has 0 amide bonds. The molecule has 88 valence electrons. The van der Waals surface area contributed by atoms with Gasteiger partial charge < -0.3 is 10.5 Å². The molecule has 2 aromatic rings. The van der Waals surface area contributed by atoms with Crippen molar-refractivity contribution in [1.82, 2.24) is 4.98 Å². The van der Waals surface area contributed by atoms with Gasteiger partial charge in [0.15, 0.2) is 0 Å². The molecule has 1 heterocycles. The van der Waals surface area contributed by atoms with Crippen molar-refractivity contribution >= 4 is 0 Å². The van der Waals surface area contributed by atoms with Crippen molar-refractivity contribution in [2.45, 2.75) is 6.54 Å². The zero-order chi connectivity index (χ0) is 12.3. The van der Waals surface area contributed by atoms with Crippen molar-refractivity contribution in [3.05, 3.63) is 48.0 Å². The lowest BCUT2D eigenvalue weighted by atomic mass is 10.0. The fourth-order valence-corrected chi connectivity index (χ4v) is 1.60.